The summed E-state index contributed by atoms with van der Waals surface area (Å²) >= 11 is 0. The molecule has 164 valence electrons. The Bertz CT molecular complexity index is 1110. The predicted molar refractivity (Wildman–Crippen MR) is 116 cm³/mol. The Hall–Kier alpha value is -3.36. The molecule has 32 heavy (non-hydrogen) atoms. The van der Waals surface area contributed by atoms with Crippen molar-refractivity contribution in [3.8, 4) is 0 Å². The molecule has 4 amide bonds. The second-order valence-electron chi connectivity index (χ2n) is 8.49. The molecule has 0 radical (unpaired) electrons. The van der Waals surface area contributed by atoms with Crippen molar-refractivity contribution in [2.24, 2.45) is 0 Å². The Morgan fingerprint density at radius 3 is 2.41 bits per heavy atom. The molecule has 1 unspecified atom stereocenters. The highest BCUT2D eigenvalue weighted by Gasteiger charge is 2.45. The molecular weight excluding hydrogens is 408 g/mol. The Labute approximate surface area is 185 Å². The van der Waals surface area contributed by atoms with Crippen LogP contribution in [0.5, 0.6) is 0 Å². The molecule has 2 saturated heterocycles. The topological polar surface area (TPSA) is 108 Å². The quantitative estimate of drug-likeness (QED) is 0.590. The fourth-order valence-corrected chi connectivity index (χ4v) is 4.51. The van der Waals surface area contributed by atoms with Crippen molar-refractivity contribution in [1.82, 2.24) is 20.9 Å². The van der Waals surface area contributed by atoms with Gasteiger partial charge < -0.3 is 10.6 Å². The van der Waals surface area contributed by atoms with Crippen molar-refractivity contribution in [1.29, 1.82) is 0 Å². The lowest BCUT2D eigenvalue weighted by Crippen LogP contribution is -2.54. The van der Waals surface area contributed by atoms with Crippen LogP contribution in [-0.4, -0.2) is 47.7 Å². The number of carbonyl (C=O) groups is 4. The van der Waals surface area contributed by atoms with E-state index in [0.717, 1.165) is 23.6 Å². The summed E-state index contributed by atoms with van der Waals surface area (Å²) in [5.41, 5.74) is 3.83. The van der Waals surface area contributed by atoms with E-state index in [0.29, 0.717) is 35.7 Å². The van der Waals surface area contributed by atoms with Gasteiger partial charge in [0, 0.05) is 38.5 Å². The van der Waals surface area contributed by atoms with E-state index in [1.54, 1.807) is 12.1 Å². The fourth-order valence-electron chi connectivity index (χ4n) is 4.51. The monoisotopic (exact) mass is 432 g/mol. The zero-order chi connectivity index (χ0) is 22.2. The van der Waals surface area contributed by atoms with E-state index in [9.17, 15) is 19.2 Å². The largest absolute Gasteiger partial charge is 0.315 e. The standard InChI is InChI=1S/C24H24N4O4/c29-20-9-8-19(22(30)27-20)28-23(31)18-3-1-2-16(21(18)24(28)32)11-25-10-14-4-6-15(7-5-14)17-12-26-13-17/h1-7,17,19,25-26H,8-13H2,(H,27,29,30). The molecule has 0 spiro atoms. The highest BCUT2D eigenvalue weighted by Crippen LogP contribution is 2.30. The predicted octanol–water partition coefficient (Wildman–Crippen LogP) is 1.06. The van der Waals surface area contributed by atoms with Crippen LogP contribution >= 0.6 is 0 Å². The first-order valence-electron chi connectivity index (χ1n) is 10.9. The summed E-state index contributed by atoms with van der Waals surface area (Å²) in [5, 5.41) is 8.85. The molecule has 8 nitrogen and oxygen atoms in total. The van der Waals surface area contributed by atoms with Crippen LogP contribution in [0.4, 0.5) is 0 Å². The summed E-state index contributed by atoms with van der Waals surface area (Å²) in [6.45, 7) is 3.10. The first kappa shape index (κ1) is 20.5. The molecule has 2 aromatic carbocycles. The maximum absolute atomic E-state index is 13.1. The molecule has 5 rings (SSSR count). The van der Waals surface area contributed by atoms with E-state index in [2.05, 4.69) is 40.2 Å². The average Bonchev–Trinajstić information content (AvgIpc) is 2.99. The summed E-state index contributed by atoms with van der Waals surface area (Å²) in [4.78, 5) is 50.7. The highest BCUT2D eigenvalue weighted by atomic mass is 16.2. The molecule has 3 aliphatic heterocycles. The van der Waals surface area contributed by atoms with Crippen LogP contribution in [0.15, 0.2) is 42.5 Å². The van der Waals surface area contributed by atoms with Crippen LogP contribution in [-0.2, 0) is 22.7 Å². The molecule has 1 atom stereocenters. The summed E-state index contributed by atoms with van der Waals surface area (Å²) in [5.74, 6) is -1.35. The SMILES string of the molecule is O=C1CCC(N2C(=O)c3cccc(CNCc4ccc(C5CNC5)cc4)c3C2=O)C(=O)N1. The Morgan fingerprint density at radius 2 is 1.72 bits per heavy atom. The number of fused-ring (bicyclic) bond motifs is 1. The third-order valence-electron chi connectivity index (χ3n) is 6.43. The maximum Gasteiger partial charge on any atom is 0.262 e. The van der Waals surface area contributed by atoms with Crippen molar-refractivity contribution in [3.63, 3.8) is 0 Å². The van der Waals surface area contributed by atoms with Gasteiger partial charge in [-0.3, -0.25) is 29.4 Å². The molecule has 3 heterocycles. The summed E-state index contributed by atoms with van der Waals surface area (Å²) in [6.07, 6.45) is 0.255. The lowest BCUT2D eigenvalue weighted by atomic mass is 9.93. The van der Waals surface area contributed by atoms with E-state index in [4.69, 9.17) is 0 Å². The van der Waals surface area contributed by atoms with E-state index in [-0.39, 0.29) is 18.7 Å². The van der Waals surface area contributed by atoms with Crippen molar-refractivity contribution >= 4 is 23.6 Å². The molecule has 3 aliphatic rings. The number of amides is 4. The van der Waals surface area contributed by atoms with E-state index < -0.39 is 23.8 Å². The second kappa shape index (κ2) is 8.29. The number of nitrogens with zero attached hydrogens (tertiary/aromatic N) is 1. The van der Waals surface area contributed by atoms with Gasteiger partial charge in [0.05, 0.1) is 11.1 Å². The van der Waals surface area contributed by atoms with Gasteiger partial charge in [-0.05, 0) is 29.2 Å². The van der Waals surface area contributed by atoms with Gasteiger partial charge in [0.15, 0.2) is 0 Å². The van der Waals surface area contributed by atoms with Gasteiger partial charge in [0.1, 0.15) is 6.04 Å². The molecular formula is C24H24N4O4. The Kier molecular flexibility index (Phi) is 5.32. The molecule has 2 aromatic rings. The van der Waals surface area contributed by atoms with E-state index >= 15 is 0 Å². The van der Waals surface area contributed by atoms with E-state index in [1.807, 2.05) is 6.07 Å². The van der Waals surface area contributed by atoms with Gasteiger partial charge in [-0.15, -0.1) is 0 Å². The highest BCUT2D eigenvalue weighted by molar-refractivity contribution is 6.24. The van der Waals surface area contributed by atoms with Crippen LogP contribution < -0.4 is 16.0 Å². The normalized spacial score (nSPS) is 20.9. The molecule has 0 bridgehead atoms. The Morgan fingerprint density at radius 1 is 0.938 bits per heavy atom. The van der Waals surface area contributed by atoms with Crippen LogP contribution in [0.2, 0.25) is 0 Å². The smallest absolute Gasteiger partial charge is 0.262 e. The first-order chi connectivity index (χ1) is 15.5. The van der Waals surface area contributed by atoms with Crippen LogP contribution in [0.3, 0.4) is 0 Å². The van der Waals surface area contributed by atoms with Crippen molar-refractivity contribution < 1.29 is 19.2 Å². The number of hydrogen-bond acceptors (Lipinski definition) is 6. The van der Waals surface area contributed by atoms with Crippen LogP contribution in [0.1, 0.15) is 56.2 Å². The van der Waals surface area contributed by atoms with Crippen molar-refractivity contribution in [2.45, 2.75) is 37.9 Å². The fraction of sp³-hybridized carbons (Fsp3) is 0.333. The summed E-state index contributed by atoms with van der Waals surface area (Å²) < 4.78 is 0. The van der Waals surface area contributed by atoms with Gasteiger partial charge in [-0.2, -0.15) is 0 Å². The number of hydrogen-bond donors (Lipinski definition) is 3. The Balaban J connectivity index is 1.27. The third kappa shape index (κ3) is 3.61. The van der Waals surface area contributed by atoms with Crippen molar-refractivity contribution in [2.75, 3.05) is 13.1 Å². The number of imide groups is 2. The number of piperidine rings is 1. The first-order valence-corrected chi connectivity index (χ1v) is 10.9. The number of nitrogens with one attached hydrogen (secondary N) is 3. The third-order valence-corrected chi connectivity index (χ3v) is 6.43. The van der Waals surface area contributed by atoms with Gasteiger partial charge >= 0.3 is 0 Å². The molecule has 0 aromatic heterocycles. The van der Waals surface area contributed by atoms with E-state index in [1.165, 1.54) is 5.56 Å². The van der Waals surface area contributed by atoms with Gasteiger partial charge in [-0.25, -0.2) is 0 Å². The minimum absolute atomic E-state index is 0.105. The lowest BCUT2D eigenvalue weighted by molar-refractivity contribution is -0.136. The zero-order valence-corrected chi connectivity index (χ0v) is 17.5. The van der Waals surface area contributed by atoms with Gasteiger partial charge in [0.25, 0.3) is 11.8 Å². The van der Waals surface area contributed by atoms with Crippen LogP contribution in [0, 0.1) is 0 Å². The molecule has 2 fully saturated rings. The molecule has 0 aliphatic carbocycles. The number of carbonyl (C=O) groups excluding carboxylic acids is 4. The lowest BCUT2D eigenvalue weighted by Gasteiger charge is -2.27. The van der Waals surface area contributed by atoms with Gasteiger partial charge in [-0.1, -0.05) is 36.4 Å². The zero-order valence-electron chi connectivity index (χ0n) is 17.5. The number of benzene rings is 2. The van der Waals surface area contributed by atoms with Gasteiger partial charge in [0.2, 0.25) is 11.8 Å². The summed E-state index contributed by atoms with van der Waals surface area (Å²) in [6, 6.07) is 12.7. The van der Waals surface area contributed by atoms with Crippen LogP contribution in [0.25, 0.3) is 0 Å². The number of rotatable bonds is 6. The minimum atomic E-state index is -0.953. The van der Waals surface area contributed by atoms with Crippen molar-refractivity contribution in [3.05, 3.63) is 70.3 Å². The second-order valence-corrected chi connectivity index (χ2v) is 8.49. The molecule has 3 N–H and O–H groups in total. The summed E-state index contributed by atoms with van der Waals surface area (Å²) in [7, 11) is 0. The molecule has 8 heteroatoms. The molecule has 0 saturated carbocycles. The maximum atomic E-state index is 13.1. The minimum Gasteiger partial charge on any atom is -0.315 e. The average molecular weight is 432 g/mol.